The predicted molar refractivity (Wildman–Crippen MR) is 37.2 cm³/mol. The number of halogens is 2. The van der Waals surface area contributed by atoms with Gasteiger partial charge in [-0.3, -0.25) is 0 Å². The Balaban J connectivity index is 2.49. The molecular formula is C8H12F2. The minimum atomic E-state index is -2.53. The standard InChI is InChI=1S/C8H12F2/c9-8(10)6-4-2-1-3-5-7-8/h4,6H,1-3,5,7H2. The van der Waals surface area contributed by atoms with Crippen molar-refractivity contribution in [2.24, 2.45) is 0 Å². The summed E-state index contributed by atoms with van der Waals surface area (Å²) in [6.45, 7) is 0. The molecule has 0 unspecified atom stereocenters. The van der Waals surface area contributed by atoms with Crippen LogP contribution in [-0.4, -0.2) is 5.92 Å². The van der Waals surface area contributed by atoms with Gasteiger partial charge in [0.05, 0.1) is 0 Å². The predicted octanol–water partition coefficient (Wildman–Crippen LogP) is 3.14. The highest BCUT2D eigenvalue weighted by molar-refractivity contribution is 4.95. The third-order valence-corrected chi connectivity index (χ3v) is 1.74. The van der Waals surface area contributed by atoms with Crippen LogP contribution in [0.1, 0.15) is 32.1 Å². The lowest BCUT2D eigenvalue weighted by Crippen LogP contribution is -2.12. The maximum absolute atomic E-state index is 12.6. The molecule has 1 aliphatic rings. The minimum Gasteiger partial charge on any atom is -0.202 e. The van der Waals surface area contributed by atoms with E-state index >= 15 is 0 Å². The number of alkyl halides is 2. The summed E-state index contributed by atoms with van der Waals surface area (Å²) in [6.07, 6.45) is 6.16. The van der Waals surface area contributed by atoms with Gasteiger partial charge in [-0.15, -0.1) is 0 Å². The van der Waals surface area contributed by atoms with Gasteiger partial charge in [-0.2, -0.15) is 0 Å². The molecular weight excluding hydrogens is 134 g/mol. The average Bonchev–Trinajstić information content (AvgIpc) is 1.81. The second kappa shape index (κ2) is 3.13. The van der Waals surface area contributed by atoms with Crippen molar-refractivity contribution in [3.63, 3.8) is 0 Å². The lowest BCUT2D eigenvalue weighted by atomic mass is 10.0. The van der Waals surface area contributed by atoms with Crippen LogP contribution in [0.15, 0.2) is 12.2 Å². The molecule has 1 rings (SSSR count). The topological polar surface area (TPSA) is 0 Å². The summed E-state index contributed by atoms with van der Waals surface area (Å²) >= 11 is 0. The minimum absolute atomic E-state index is 0.0312. The molecule has 0 amide bonds. The largest absolute Gasteiger partial charge is 0.266 e. The Labute approximate surface area is 59.9 Å². The van der Waals surface area contributed by atoms with E-state index in [4.69, 9.17) is 0 Å². The van der Waals surface area contributed by atoms with Gasteiger partial charge >= 0.3 is 0 Å². The molecule has 58 valence electrons. The van der Waals surface area contributed by atoms with Gasteiger partial charge in [0, 0.05) is 6.42 Å². The van der Waals surface area contributed by atoms with Gasteiger partial charge in [-0.05, 0) is 25.3 Å². The fraction of sp³-hybridized carbons (Fsp3) is 0.750. The van der Waals surface area contributed by atoms with Crippen molar-refractivity contribution in [1.82, 2.24) is 0 Å². The highest BCUT2D eigenvalue weighted by Gasteiger charge is 2.24. The second-order valence-electron chi connectivity index (χ2n) is 2.76. The Morgan fingerprint density at radius 3 is 2.70 bits per heavy atom. The summed E-state index contributed by atoms with van der Waals surface area (Å²) in [6, 6.07) is 0. The van der Waals surface area contributed by atoms with Crippen molar-refractivity contribution < 1.29 is 8.78 Å². The van der Waals surface area contributed by atoms with Crippen molar-refractivity contribution in [3.8, 4) is 0 Å². The molecule has 0 heterocycles. The van der Waals surface area contributed by atoms with Gasteiger partial charge in [0.2, 0.25) is 0 Å². The SMILES string of the molecule is FC1(F)C=CCCCCC1. The van der Waals surface area contributed by atoms with Crippen molar-refractivity contribution in [2.45, 2.75) is 38.0 Å². The monoisotopic (exact) mass is 146 g/mol. The molecule has 0 saturated heterocycles. The Kier molecular flexibility index (Phi) is 2.41. The van der Waals surface area contributed by atoms with E-state index in [1.165, 1.54) is 0 Å². The highest BCUT2D eigenvalue weighted by Crippen LogP contribution is 2.25. The lowest BCUT2D eigenvalue weighted by molar-refractivity contribution is 0.0413. The van der Waals surface area contributed by atoms with E-state index in [1.807, 2.05) is 0 Å². The van der Waals surface area contributed by atoms with Crippen LogP contribution in [0.3, 0.4) is 0 Å². The van der Waals surface area contributed by atoms with Crippen LogP contribution in [0, 0.1) is 0 Å². The molecule has 0 fully saturated rings. The molecule has 0 N–H and O–H groups in total. The third kappa shape index (κ3) is 2.46. The summed E-state index contributed by atoms with van der Waals surface area (Å²) in [5.74, 6) is -2.53. The van der Waals surface area contributed by atoms with Crippen LogP contribution in [0.2, 0.25) is 0 Å². The van der Waals surface area contributed by atoms with Crippen LogP contribution < -0.4 is 0 Å². The quantitative estimate of drug-likeness (QED) is 0.460. The first-order valence-corrected chi connectivity index (χ1v) is 3.76. The van der Waals surface area contributed by atoms with E-state index in [0.29, 0.717) is 6.42 Å². The summed E-state index contributed by atoms with van der Waals surface area (Å²) in [5, 5.41) is 0. The van der Waals surface area contributed by atoms with Crippen LogP contribution in [0.5, 0.6) is 0 Å². The molecule has 0 radical (unpaired) electrons. The molecule has 1 aliphatic carbocycles. The van der Waals surface area contributed by atoms with Gasteiger partial charge in [0.1, 0.15) is 0 Å². The first-order chi connectivity index (χ1) is 4.71. The van der Waals surface area contributed by atoms with Gasteiger partial charge in [0.15, 0.2) is 0 Å². The summed E-state index contributed by atoms with van der Waals surface area (Å²) < 4.78 is 25.1. The maximum Gasteiger partial charge on any atom is 0.266 e. The zero-order chi connectivity index (χ0) is 7.45. The van der Waals surface area contributed by atoms with E-state index in [1.54, 1.807) is 6.08 Å². The van der Waals surface area contributed by atoms with Gasteiger partial charge in [-0.25, -0.2) is 8.78 Å². The van der Waals surface area contributed by atoms with Crippen molar-refractivity contribution in [3.05, 3.63) is 12.2 Å². The molecule has 0 aromatic rings. The fourth-order valence-electron chi connectivity index (χ4n) is 1.14. The van der Waals surface area contributed by atoms with Crippen LogP contribution >= 0.6 is 0 Å². The number of allylic oxidation sites excluding steroid dienone is 2. The van der Waals surface area contributed by atoms with Crippen molar-refractivity contribution >= 4 is 0 Å². The first-order valence-electron chi connectivity index (χ1n) is 3.76. The first kappa shape index (κ1) is 7.70. The maximum atomic E-state index is 12.6. The number of hydrogen-bond acceptors (Lipinski definition) is 0. The van der Waals surface area contributed by atoms with Gasteiger partial charge in [-0.1, -0.05) is 12.5 Å². The molecule has 0 aromatic heterocycles. The van der Waals surface area contributed by atoms with E-state index in [-0.39, 0.29) is 6.42 Å². The lowest BCUT2D eigenvalue weighted by Gasteiger charge is -2.13. The van der Waals surface area contributed by atoms with Crippen LogP contribution in [0.25, 0.3) is 0 Å². The Morgan fingerprint density at radius 1 is 1.10 bits per heavy atom. The molecule has 2 heteroatoms. The number of hydrogen-bond donors (Lipinski definition) is 0. The van der Waals surface area contributed by atoms with Crippen molar-refractivity contribution in [2.75, 3.05) is 0 Å². The summed E-state index contributed by atoms with van der Waals surface area (Å²) in [7, 11) is 0. The molecule has 10 heavy (non-hydrogen) atoms. The normalized spacial score (nSPS) is 25.4. The summed E-state index contributed by atoms with van der Waals surface area (Å²) in [4.78, 5) is 0. The smallest absolute Gasteiger partial charge is 0.202 e. The molecule has 0 saturated carbocycles. The summed E-state index contributed by atoms with van der Waals surface area (Å²) in [5.41, 5.74) is 0. The average molecular weight is 146 g/mol. The van der Waals surface area contributed by atoms with E-state index in [9.17, 15) is 8.78 Å². The van der Waals surface area contributed by atoms with Gasteiger partial charge in [0.25, 0.3) is 5.92 Å². The molecule has 0 spiro atoms. The van der Waals surface area contributed by atoms with Crippen LogP contribution in [0.4, 0.5) is 8.78 Å². The molecule has 0 atom stereocenters. The molecule has 0 nitrogen and oxygen atoms in total. The zero-order valence-corrected chi connectivity index (χ0v) is 5.95. The Bertz CT molecular complexity index is 127. The molecule has 0 aromatic carbocycles. The van der Waals surface area contributed by atoms with E-state index in [2.05, 4.69) is 0 Å². The van der Waals surface area contributed by atoms with Crippen molar-refractivity contribution in [1.29, 1.82) is 0 Å². The zero-order valence-electron chi connectivity index (χ0n) is 5.95. The number of rotatable bonds is 0. The molecule has 0 bridgehead atoms. The fourth-order valence-corrected chi connectivity index (χ4v) is 1.14. The Morgan fingerprint density at radius 2 is 1.90 bits per heavy atom. The molecule has 0 aliphatic heterocycles. The Hall–Kier alpha value is -0.400. The highest BCUT2D eigenvalue weighted by atomic mass is 19.3. The second-order valence-corrected chi connectivity index (χ2v) is 2.76. The van der Waals surface area contributed by atoms with Gasteiger partial charge < -0.3 is 0 Å². The van der Waals surface area contributed by atoms with E-state index < -0.39 is 5.92 Å². The van der Waals surface area contributed by atoms with E-state index in [0.717, 1.165) is 25.3 Å². The van der Waals surface area contributed by atoms with Crippen LogP contribution in [-0.2, 0) is 0 Å². The third-order valence-electron chi connectivity index (χ3n) is 1.74.